The molecule has 0 unspecified atom stereocenters. The molecule has 5 nitrogen and oxygen atoms in total. The summed E-state index contributed by atoms with van der Waals surface area (Å²) in [7, 11) is 3.19. The van der Waals surface area contributed by atoms with Crippen LogP contribution in [-0.2, 0) is 25.6 Å². The largest absolute Gasteiger partial charge is 0.500 e. The lowest BCUT2D eigenvalue weighted by Crippen LogP contribution is -2.29. The molecule has 21 heavy (non-hydrogen) atoms. The Bertz CT molecular complexity index is 523. The van der Waals surface area contributed by atoms with E-state index in [4.69, 9.17) is 18.9 Å². The van der Waals surface area contributed by atoms with Crippen molar-refractivity contribution in [1.29, 1.82) is 0 Å². The van der Waals surface area contributed by atoms with Crippen molar-refractivity contribution < 1.29 is 23.7 Å². The molecule has 1 heterocycles. The van der Waals surface area contributed by atoms with Gasteiger partial charge in [0.15, 0.2) is 0 Å². The maximum absolute atomic E-state index is 11.6. The van der Waals surface area contributed by atoms with E-state index in [1.165, 1.54) is 0 Å². The lowest BCUT2D eigenvalue weighted by atomic mass is 10.2. The van der Waals surface area contributed by atoms with Gasteiger partial charge in [0, 0.05) is 6.42 Å². The number of methoxy groups -OCH3 is 2. The summed E-state index contributed by atoms with van der Waals surface area (Å²) in [6, 6.07) is 7.64. The van der Waals surface area contributed by atoms with Crippen LogP contribution in [0.2, 0.25) is 0 Å². The number of carbonyl (C=O) groups is 1. The molecule has 1 aliphatic heterocycles. The first-order chi connectivity index (χ1) is 10.1. The van der Waals surface area contributed by atoms with Crippen LogP contribution in [-0.4, -0.2) is 32.9 Å². The molecule has 0 radical (unpaired) electrons. The molecule has 2 rings (SSSR count). The third-order valence-electron chi connectivity index (χ3n) is 3.09. The maximum atomic E-state index is 11.6. The Kier molecular flexibility index (Phi) is 5.86. The van der Waals surface area contributed by atoms with Crippen molar-refractivity contribution in [2.75, 3.05) is 20.8 Å². The maximum Gasteiger partial charge on any atom is 0.348 e. The van der Waals surface area contributed by atoms with Crippen LogP contribution in [0.1, 0.15) is 12.0 Å². The van der Waals surface area contributed by atoms with E-state index in [-0.39, 0.29) is 12.1 Å². The number of hydrogen-bond acceptors (Lipinski definition) is 5. The summed E-state index contributed by atoms with van der Waals surface area (Å²) in [5, 5.41) is 0. The average molecular weight is 404 g/mol. The molecule has 0 spiro atoms. The number of benzene rings is 1. The monoisotopic (exact) mass is 404 g/mol. The van der Waals surface area contributed by atoms with Crippen molar-refractivity contribution in [3.05, 3.63) is 39.2 Å². The minimum absolute atomic E-state index is 0.302. The highest BCUT2D eigenvalue weighted by Crippen LogP contribution is 2.26. The minimum Gasteiger partial charge on any atom is -0.500 e. The van der Waals surface area contributed by atoms with Crippen molar-refractivity contribution in [3.8, 4) is 5.75 Å². The lowest BCUT2D eigenvalue weighted by molar-refractivity contribution is -0.149. The van der Waals surface area contributed by atoms with E-state index in [0.717, 1.165) is 11.3 Å². The molecule has 1 atom stereocenters. The van der Waals surface area contributed by atoms with Crippen LogP contribution >= 0.6 is 22.6 Å². The highest BCUT2D eigenvalue weighted by molar-refractivity contribution is 14.1. The van der Waals surface area contributed by atoms with Crippen LogP contribution in [0.25, 0.3) is 0 Å². The van der Waals surface area contributed by atoms with Crippen molar-refractivity contribution in [1.82, 2.24) is 0 Å². The number of esters is 1. The molecule has 0 saturated carbocycles. The Morgan fingerprint density at radius 1 is 1.24 bits per heavy atom. The molecule has 0 fully saturated rings. The quantitative estimate of drug-likeness (QED) is 0.539. The Balaban J connectivity index is 1.82. The van der Waals surface area contributed by atoms with Crippen LogP contribution in [0.5, 0.6) is 5.75 Å². The molecule has 0 bridgehead atoms. The first-order valence-corrected chi connectivity index (χ1v) is 7.56. The Hall–Kier alpha value is -1.28. The minimum atomic E-state index is -0.350. The van der Waals surface area contributed by atoms with Gasteiger partial charge in [-0.1, -0.05) is 12.1 Å². The van der Waals surface area contributed by atoms with Gasteiger partial charge in [-0.05, 0) is 40.3 Å². The van der Waals surface area contributed by atoms with Crippen LogP contribution in [0.4, 0.5) is 0 Å². The highest BCUT2D eigenvalue weighted by atomic mass is 127. The molecular formula is C15H17IO5. The molecule has 0 aliphatic carbocycles. The fourth-order valence-corrected chi connectivity index (χ4v) is 2.52. The first kappa shape index (κ1) is 16.1. The van der Waals surface area contributed by atoms with Crippen molar-refractivity contribution in [2.45, 2.75) is 19.1 Å². The molecule has 0 N–H and O–H groups in total. The molecule has 6 heteroatoms. The summed E-state index contributed by atoms with van der Waals surface area (Å²) in [6.45, 7) is 0.801. The summed E-state index contributed by atoms with van der Waals surface area (Å²) in [5.74, 6) is 1.12. The average Bonchev–Trinajstić information content (AvgIpc) is 2.51. The summed E-state index contributed by atoms with van der Waals surface area (Å²) in [6.07, 6.45) is 0.243. The van der Waals surface area contributed by atoms with Gasteiger partial charge >= 0.3 is 5.97 Å². The van der Waals surface area contributed by atoms with Gasteiger partial charge in [0.05, 0.1) is 27.4 Å². The van der Waals surface area contributed by atoms with Gasteiger partial charge < -0.3 is 18.9 Å². The summed E-state index contributed by atoms with van der Waals surface area (Å²) >= 11 is 1.94. The molecule has 0 amide bonds. The molecule has 1 aromatic rings. The smallest absolute Gasteiger partial charge is 0.348 e. The van der Waals surface area contributed by atoms with Gasteiger partial charge in [0.1, 0.15) is 21.2 Å². The fraction of sp³-hybridized carbons (Fsp3) is 0.400. The van der Waals surface area contributed by atoms with Crippen LogP contribution in [0.15, 0.2) is 33.6 Å². The van der Waals surface area contributed by atoms with E-state index in [9.17, 15) is 4.79 Å². The summed E-state index contributed by atoms with van der Waals surface area (Å²) in [5.41, 5.74) is 1.04. The normalized spacial score (nSPS) is 18.4. The van der Waals surface area contributed by atoms with Crippen molar-refractivity contribution in [2.24, 2.45) is 0 Å². The summed E-state index contributed by atoms with van der Waals surface area (Å²) in [4.78, 5) is 11.6. The van der Waals surface area contributed by atoms with Gasteiger partial charge in [-0.3, -0.25) is 0 Å². The predicted octanol–water partition coefficient (Wildman–Crippen LogP) is 2.82. The fourth-order valence-electron chi connectivity index (χ4n) is 1.95. The third-order valence-corrected chi connectivity index (χ3v) is 4.13. The van der Waals surface area contributed by atoms with Gasteiger partial charge in [0.2, 0.25) is 0 Å². The summed E-state index contributed by atoms with van der Waals surface area (Å²) < 4.78 is 21.7. The SMILES string of the molecule is COC1=C(I)C(=O)O[C@@H](COCc2ccc(OC)cc2)C1. The molecule has 114 valence electrons. The van der Waals surface area contributed by atoms with Crippen LogP contribution in [0.3, 0.4) is 0 Å². The first-order valence-electron chi connectivity index (χ1n) is 6.48. The zero-order chi connectivity index (χ0) is 15.2. The van der Waals surface area contributed by atoms with E-state index in [1.807, 2.05) is 46.9 Å². The molecule has 0 saturated heterocycles. The second-order valence-electron chi connectivity index (χ2n) is 4.54. The number of ether oxygens (including phenoxy) is 4. The standard InChI is InChI=1S/C15H17IO5/c1-18-11-5-3-10(4-6-11)8-20-9-12-7-13(19-2)14(16)15(17)21-12/h3-6,12H,7-9H2,1-2H3/t12-/m1/s1. The Labute approximate surface area is 137 Å². The number of halogens is 1. The number of carbonyl (C=O) groups excluding carboxylic acids is 1. The van der Waals surface area contributed by atoms with E-state index in [0.29, 0.717) is 29.0 Å². The van der Waals surface area contributed by atoms with Crippen molar-refractivity contribution in [3.63, 3.8) is 0 Å². The van der Waals surface area contributed by atoms with E-state index >= 15 is 0 Å². The second-order valence-corrected chi connectivity index (χ2v) is 5.61. The van der Waals surface area contributed by atoms with Crippen LogP contribution < -0.4 is 4.74 Å². The van der Waals surface area contributed by atoms with Crippen molar-refractivity contribution >= 4 is 28.6 Å². The zero-order valence-electron chi connectivity index (χ0n) is 11.9. The van der Waals surface area contributed by atoms with Gasteiger partial charge in [-0.2, -0.15) is 0 Å². The zero-order valence-corrected chi connectivity index (χ0v) is 14.1. The highest BCUT2D eigenvalue weighted by Gasteiger charge is 2.28. The van der Waals surface area contributed by atoms with E-state index in [1.54, 1.807) is 14.2 Å². The Morgan fingerprint density at radius 3 is 2.57 bits per heavy atom. The number of cyclic esters (lactones) is 1. The van der Waals surface area contributed by atoms with Crippen LogP contribution in [0, 0.1) is 0 Å². The molecular weight excluding hydrogens is 387 g/mol. The lowest BCUT2D eigenvalue weighted by Gasteiger charge is -2.24. The third kappa shape index (κ3) is 4.34. The number of rotatable bonds is 6. The van der Waals surface area contributed by atoms with Gasteiger partial charge in [-0.25, -0.2) is 4.79 Å². The molecule has 1 aliphatic rings. The van der Waals surface area contributed by atoms with E-state index in [2.05, 4.69) is 0 Å². The Morgan fingerprint density at radius 2 is 1.95 bits per heavy atom. The molecule has 1 aromatic carbocycles. The predicted molar refractivity (Wildman–Crippen MR) is 85.2 cm³/mol. The van der Waals surface area contributed by atoms with Gasteiger partial charge in [-0.15, -0.1) is 0 Å². The molecule has 0 aromatic heterocycles. The topological polar surface area (TPSA) is 54.0 Å². The van der Waals surface area contributed by atoms with E-state index < -0.39 is 0 Å². The van der Waals surface area contributed by atoms with Gasteiger partial charge in [0.25, 0.3) is 0 Å². The second kappa shape index (κ2) is 7.65. The number of hydrogen-bond donors (Lipinski definition) is 0.